The van der Waals surface area contributed by atoms with Crippen molar-refractivity contribution in [3.05, 3.63) is 212 Å². The van der Waals surface area contributed by atoms with Gasteiger partial charge in [-0.3, -0.25) is 0 Å². The van der Waals surface area contributed by atoms with Crippen LogP contribution in [-0.2, 0) is 0 Å². The van der Waals surface area contributed by atoms with E-state index in [2.05, 4.69) is 236 Å². The molecule has 7 heteroatoms. The number of benzene rings is 10. The van der Waals surface area contributed by atoms with Gasteiger partial charge in [0.05, 0.1) is 43.5 Å². The molecule has 0 unspecified atom stereocenters. The summed E-state index contributed by atoms with van der Waals surface area (Å²) in [5.41, 5.74) is 14.6. The van der Waals surface area contributed by atoms with E-state index in [9.17, 15) is 0 Å². The molecule has 0 aliphatic carbocycles. The molecule has 67 heavy (non-hydrogen) atoms. The molecule has 0 spiro atoms. The zero-order chi connectivity index (χ0) is 44.3. The first-order valence-corrected chi connectivity index (χ1v) is 26.4. The zero-order valence-corrected chi connectivity index (χ0v) is 39.6. The number of nitrogens with zero attached hydrogens (tertiary/aromatic N) is 3. The average molecular weight is 1010 g/mol. The van der Waals surface area contributed by atoms with E-state index in [0.29, 0.717) is 0 Å². The van der Waals surface area contributed by atoms with Crippen LogP contribution in [0.5, 0.6) is 0 Å². The van der Waals surface area contributed by atoms with E-state index >= 15 is 0 Å². The van der Waals surface area contributed by atoms with Crippen molar-refractivity contribution >= 4 is 150 Å². The van der Waals surface area contributed by atoms with Gasteiger partial charge in [0.25, 0.3) is 0 Å². The van der Waals surface area contributed by atoms with Gasteiger partial charge in [-0.05, 0) is 112 Å². The van der Waals surface area contributed by atoms with Crippen LogP contribution in [0.4, 0.5) is 0 Å². The number of thiophene rings is 1. The smallest absolute Gasteiger partial charge is 0.143 e. The van der Waals surface area contributed by atoms with Gasteiger partial charge in [-0.15, -0.1) is 21.1 Å². The van der Waals surface area contributed by atoms with Crippen LogP contribution in [-0.4, -0.2) is 13.7 Å². The highest BCUT2D eigenvalue weighted by Crippen LogP contribution is 2.45. The van der Waals surface area contributed by atoms with Crippen molar-refractivity contribution in [1.29, 1.82) is 0 Å². The van der Waals surface area contributed by atoms with Gasteiger partial charge in [0.15, 0.2) is 0 Å². The summed E-state index contributed by atoms with van der Waals surface area (Å²) in [6, 6.07) is 77.7. The van der Waals surface area contributed by atoms with Gasteiger partial charge in [-0.2, -0.15) is 0 Å². The van der Waals surface area contributed by atoms with Gasteiger partial charge in [0, 0.05) is 75.5 Å². The minimum Gasteiger partial charge on any atom is -0.455 e. The fourth-order valence-corrected chi connectivity index (χ4v) is 12.2. The highest BCUT2D eigenvalue weighted by Gasteiger charge is 2.22. The lowest BCUT2D eigenvalue weighted by atomic mass is 9.99. The largest absolute Gasteiger partial charge is 0.455 e. The van der Waals surface area contributed by atoms with E-state index in [0.717, 1.165) is 38.8 Å². The van der Waals surface area contributed by atoms with E-state index in [1.165, 1.54) is 97.0 Å². The Morgan fingerprint density at radius 3 is 1.48 bits per heavy atom. The van der Waals surface area contributed by atoms with Gasteiger partial charge >= 0.3 is 0 Å². The van der Waals surface area contributed by atoms with Crippen molar-refractivity contribution in [3.63, 3.8) is 0 Å². The third-order valence-corrected chi connectivity index (χ3v) is 15.0. The molecule has 0 radical (unpaired) electrons. The summed E-state index contributed by atoms with van der Waals surface area (Å²) >= 11 is 3.72. The maximum atomic E-state index is 6.80. The molecular formula is C60H36IN3OS2. The number of hydrogen-bond donors (Lipinski definition) is 1. The molecule has 0 saturated heterocycles. The molecule has 4 nitrogen and oxygen atoms in total. The molecule has 0 atom stereocenters. The first kappa shape index (κ1) is 38.9. The molecule has 10 aromatic carbocycles. The van der Waals surface area contributed by atoms with Crippen molar-refractivity contribution in [2.75, 3.05) is 0 Å². The van der Waals surface area contributed by atoms with Crippen LogP contribution < -0.4 is 0 Å². The molecule has 5 heterocycles. The molecule has 0 aliphatic heterocycles. The molecule has 0 fully saturated rings. The van der Waals surface area contributed by atoms with Crippen molar-refractivity contribution in [3.8, 4) is 28.2 Å². The lowest BCUT2D eigenvalue weighted by molar-refractivity contribution is 0.670. The van der Waals surface area contributed by atoms with Gasteiger partial charge < -0.3 is 18.1 Å². The Morgan fingerprint density at radius 2 is 0.851 bits per heavy atom. The van der Waals surface area contributed by atoms with Crippen LogP contribution in [0.3, 0.4) is 0 Å². The topological polar surface area (TPSA) is 27.9 Å². The highest BCUT2D eigenvalue weighted by molar-refractivity contribution is 14.2. The van der Waals surface area contributed by atoms with Crippen LogP contribution in [0.15, 0.2) is 217 Å². The Bertz CT molecular complexity index is 4400. The van der Waals surface area contributed by atoms with E-state index in [1.807, 2.05) is 32.5 Å². The minimum absolute atomic E-state index is 0.888. The van der Waals surface area contributed by atoms with Gasteiger partial charge in [0.1, 0.15) is 11.2 Å². The number of para-hydroxylation sites is 6. The maximum Gasteiger partial charge on any atom is 0.143 e. The van der Waals surface area contributed by atoms with Crippen LogP contribution in [0.25, 0.3) is 136 Å². The molecule has 0 amide bonds. The lowest BCUT2D eigenvalue weighted by Crippen LogP contribution is -1.95. The van der Waals surface area contributed by atoms with Crippen molar-refractivity contribution in [1.82, 2.24) is 13.7 Å². The lowest BCUT2D eigenvalue weighted by Gasteiger charge is -2.12. The average Bonchev–Trinajstić information content (AvgIpc) is 4.20. The Morgan fingerprint density at radius 1 is 0.358 bits per heavy atom. The predicted octanol–water partition coefficient (Wildman–Crippen LogP) is 18.2. The molecule has 15 aromatic rings. The summed E-state index contributed by atoms with van der Waals surface area (Å²) in [7, 11) is 3.50. The van der Waals surface area contributed by atoms with Crippen LogP contribution in [0, 0.1) is 0 Å². The normalized spacial score (nSPS) is 12.0. The second-order valence-electron chi connectivity index (χ2n) is 17.2. The minimum atomic E-state index is 0.888. The Labute approximate surface area is 405 Å². The number of rotatable bonds is 4. The van der Waals surface area contributed by atoms with Gasteiger partial charge in [0.2, 0.25) is 0 Å². The zero-order valence-electron chi connectivity index (χ0n) is 35.7. The van der Waals surface area contributed by atoms with E-state index in [1.54, 1.807) is 0 Å². The number of thiol groups is 1. The second-order valence-corrected chi connectivity index (χ2v) is 18.3. The quantitative estimate of drug-likeness (QED) is 0.138. The number of halogens is 1. The first-order valence-electron chi connectivity index (χ1n) is 22.3. The van der Waals surface area contributed by atoms with Crippen LogP contribution in [0.2, 0.25) is 0 Å². The Hall–Kier alpha value is -7.30. The summed E-state index contributed by atoms with van der Waals surface area (Å²) < 4.78 is 16.7. The molecule has 0 saturated carbocycles. The number of hydrogen-bond acceptors (Lipinski definition) is 3. The molecule has 0 N–H and O–H groups in total. The fraction of sp³-hybridized carbons (Fsp3) is 0. The fourth-order valence-electron chi connectivity index (χ4n) is 11.0. The van der Waals surface area contributed by atoms with E-state index < -0.39 is 0 Å². The molecular weight excluding hydrogens is 970 g/mol. The highest BCUT2D eigenvalue weighted by atomic mass is 127. The molecule has 15 rings (SSSR count). The summed E-state index contributed by atoms with van der Waals surface area (Å²) in [6.07, 6.45) is 0. The summed E-state index contributed by atoms with van der Waals surface area (Å²) in [5.74, 6) is 0. The number of aromatic nitrogens is 3. The summed E-state index contributed by atoms with van der Waals surface area (Å²) in [4.78, 5) is 0. The SMILES string of the molecule is SI.c1ccc2c(c1)oc1c(-c3ccc4c(c3)c3ccccc3n4-c3cccc4c3sc3ccc(-n5c6ccccc6c6ccccc65)cc34)cc(-n3c4ccccc4c4ccccc43)cc12. The van der Waals surface area contributed by atoms with Crippen molar-refractivity contribution in [2.24, 2.45) is 0 Å². The number of furan rings is 1. The Kier molecular flexibility index (Phi) is 8.78. The summed E-state index contributed by atoms with van der Waals surface area (Å²) in [6.45, 7) is 0. The van der Waals surface area contributed by atoms with Crippen molar-refractivity contribution < 1.29 is 4.42 Å². The van der Waals surface area contributed by atoms with Crippen LogP contribution in [0.1, 0.15) is 0 Å². The second kappa shape index (κ2) is 15.1. The van der Waals surface area contributed by atoms with Crippen LogP contribution >= 0.6 is 42.3 Å². The molecule has 316 valence electrons. The predicted molar refractivity (Wildman–Crippen MR) is 298 cm³/mol. The van der Waals surface area contributed by atoms with Gasteiger partial charge in [-0.25, -0.2) is 0 Å². The van der Waals surface area contributed by atoms with E-state index in [-0.39, 0.29) is 0 Å². The summed E-state index contributed by atoms with van der Waals surface area (Å²) in [5, 5.41) is 12.2. The third-order valence-electron chi connectivity index (χ3n) is 13.8. The van der Waals surface area contributed by atoms with E-state index in [4.69, 9.17) is 4.42 Å². The monoisotopic (exact) mass is 1010 g/mol. The number of fused-ring (bicyclic) bond motifs is 15. The third kappa shape index (κ3) is 5.65. The Balaban J connectivity index is 0.00000211. The standard InChI is InChI=1S/C60H35N3OS.HIS/c1-7-21-50-39(14-1)40-15-2-8-22-51(40)61(50)37-29-31-58-48(33-37)45-20-13-26-56(60(45)65-58)63-54-25-11-5-18-43(54)47-32-36(28-30-55(47)63)46-34-38(35-49-44-19-6-12-27-57(44)64-59(46)49)62-52-23-9-3-16-41(52)42-17-4-10-24-53(42)62;1-2/h1-35H;2H. The first-order chi connectivity index (χ1) is 33.2. The maximum absolute atomic E-state index is 6.80. The molecule has 0 aliphatic rings. The van der Waals surface area contributed by atoms with Crippen molar-refractivity contribution in [2.45, 2.75) is 0 Å². The molecule has 5 aromatic heterocycles. The molecule has 0 bridgehead atoms. The van der Waals surface area contributed by atoms with Gasteiger partial charge in [-0.1, -0.05) is 127 Å².